The number of ether oxygens (including phenoxy) is 3. The minimum atomic E-state index is -0.543. The van der Waals surface area contributed by atoms with E-state index < -0.39 is 12.0 Å². The maximum Gasteiger partial charge on any atom is 0.227 e. The molecule has 7 nitrogen and oxygen atoms in total. The smallest absolute Gasteiger partial charge is 0.227 e. The standard InChI is InChI=1S/C31H32BrFN2O5/c1-38-23-8-6-22(7-9-23)35-29(36)13-10-24(30(35)19-5-12-27(39-2)28(17-19)40-3)31(37)34-21-14-20(15-21)18-4-11-26(33)25(32)16-18/h4-9,11-12,16-17,20-21,24,30H,10,13-15H2,1-3H3,(H,34,37). The molecule has 1 aliphatic carbocycles. The normalized spacial score (nSPS) is 22.3. The second kappa shape index (κ2) is 11.9. The average molecular weight is 612 g/mol. The lowest BCUT2D eigenvalue weighted by Gasteiger charge is -2.43. The van der Waals surface area contributed by atoms with Gasteiger partial charge in [-0.2, -0.15) is 0 Å². The van der Waals surface area contributed by atoms with Crippen LogP contribution in [0.2, 0.25) is 0 Å². The molecule has 2 fully saturated rings. The first kappa shape index (κ1) is 28.0. The minimum absolute atomic E-state index is 0.0134. The van der Waals surface area contributed by atoms with Gasteiger partial charge in [-0.05, 0) is 101 Å². The summed E-state index contributed by atoms with van der Waals surface area (Å²) in [6.07, 6.45) is 2.24. The lowest BCUT2D eigenvalue weighted by Crippen LogP contribution is -2.52. The van der Waals surface area contributed by atoms with Crippen molar-refractivity contribution >= 4 is 33.4 Å². The summed E-state index contributed by atoms with van der Waals surface area (Å²) in [4.78, 5) is 28.9. The predicted molar refractivity (Wildman–Crippen MR) is 153 cm³/mol. The number of carbonyl (C=O) groups excluding carboxylic acids is 2. The Hall–Kier alpha value is -3.59. The summed E-state index contributed by atoms with van der Waals surface area (Å²) in [5.74, 6) is 1.12. The van der Waals surface area contributed by atoms with Crippen LogP contribution in [0.3, 0.4) is 0 Å². The number of hydrogen-bond acceptors (Lipinski definition) is 5. The van der Waals surface area contributed by atoms with Crippen molar-refractivity contribution in [2.75, 3.05) is 26.2 Å². The summed E-state index contributed by atoms with van der Waals surface area (Å²) in [5.41, 5.74) is 2.52. The topological polar surface area (TPSA) is 77.1 Å². The molecule has 3 aromatic rings. The SMILES string of the molecule is COc1ccc(N2C(=O)CCC(C(=O)NC3CC(c4ccc(F)c(Br)c4)C3)C2c2ccc(OC)c(OC)c2)cc1. The molecule has 1 N–H and O–H groups in total. The Balaban J connectivity index is 1.41. The van der Waals surface area contributed by atoms with Crippen LogP contribution >= 0.6 is 15.9 Å². The molecular formula is C31H32BrFN2O5. The van der Waals surface area contributed by atoms with Gasteiger partial charge in [0.1, 0.15) is 11.6 Å². The Bertz CT molecular complexity index is 1390. The quantitative estimate of drug-likeness (QED) is 0.330. The molecule has 2 atom stereocenters. The molecule has 1 saturated heterocycles. The van der Waals surface area contributed by atoms with Crippen molar-refractivity contribution in [1.82, 2.24) is 5.32 Å². The summed E-state index contributed by atoms with van der Waals surface area (Å²) in [6.45, 7) is 0. The minimum Gasteiger partial charge on any atom is -0.497 e. The van der Waals surface area contributed by atoms with E-state index in [1.165, 1.54) is 6.07 Å². The van der Waals surface area contributed by atoms with Crippen LogP contribution in [-0.2, 0) is 9.59 Å². The first-order chi connectivity index (χ1) is 19.3. The van der Waals surface area contributed by atoms with Gasteiger partial charge in [-0.25, -0.2) is 4.39 Å². The van der Waals surface area contributed by atoms with Crippen molar-refractivity contribution in [3.63, 3.8) is 0 Å². The van der Waals surface area contributed by atoms with Crippen molar-refractivity contribution in [3.05, 3.63) is 82.1 Å². The van der Waals surface area contributed by atoms with E-state index in [9.17, 15) is 14.0 Å². The van der Waals surface area contributed by atoms with E-state index >= 15 is 0 Å². The third kappa shape index (κ3) is 5.52. The molecule has 2 unspecified atom stereocenters. The molecule has 2 aliphatic rings. The molecule has 0 bridgehead atoms. The second-order valence-electron chi connectivity index (χ2n) is 10.2. The van der Waals surface area contributed by atoms with Crippen LogP contribution in [0.25, 0.3) is 0 Å². The number of carbonyl (C=O) groups is 2. The maximum absolute atomic E-state index is 13.8. The Labute approximate surface area is 241 Å². The molecule has 1 heterocycles. The Kier molecular flexibility index (Phi) is 8.30. The number of halogens is 2. The van der Waals surface area contributed by atoms with Gasteiger partial charge in [-0.3, -0.25) is 9.59 Å². The number of rotatable bonds is 8. The summed E-state index contributed by atoms with van der Waals surface area (Å²) < 4.78 is 30.4. The zero-order chi connectivity index (χ0) is 28.4. The third-order valence-corrected chi connectivity index (χ3v) is 8.54. The number of methoxy groups -OCH3 is 3. The zero-order valence-electron chi connectivity index (χ0n) is 22.7. The monoisotopic (exact) mass is 610 g/mol. The van der Waals surface area contributed by atoms with Crippen molar-refractivity contribution in [1.29, 1.82) is 0 Å². The maximum atomic E-state index is 13.8. The molecule has 1 aliphatic heterocycles. The van der Waals surface area contributed by atoms with Crippen LogP contribution in [-0.4, -0.2) is 39.2 Å². The van der Waals surface area contributed by atoms with Gasteiger partial charge in [-0.15, -0.1) is 0 Å². The van der Waals surface area contributed by atoms with Crippen LogP contribution in [0.5, 0.6) is 17.2 Å². The highest BCUT2D eigenvalue weighted by molar-refractivity contribution is 9.10. The number of nitrogens with one attached hydrogen (secondary N) is 1. The van der Waals surface area contributed by atoms with Crippen molar-refractivity contribution in [2.45, 2.75) is 43.7 Å². The first-order valence-corrected chi connectivity index (χ1v) is 14.1. The predicted octanol–water partition coefficient (Wildman–Crippen LogP) is 6.16. The van der Waals surface area contributed by atoms with Gasteiger partial charge in [0.25, 0.3) is 0 Å². The number of benzene rings is 3. The van der Waals surface area contributed by atoms with E-state index in [2.05, 4.69) is 21.2 Å². The number of hydrogen-bond donors (Lipinski definition) is 1. The summed E-state index contributed by atoms with van der Waals surface area (Å²) in [6, 6.07) is 17.3. The molecule has 0 radical (unpaired) electrons. The molecule has 210 valence electrons. The average Bonchev–Trinajstić information content (AvgIpc) is 2.95. The van der Waals surface area contributed by atoms with Gasteiger partial charge >= 0.3 is 0 Å². The molecule has 0 aromatic heterocycles. The fourth-order valence-corrected chi connectivity index (χ4v) is 6.11. The van der Waals surface area contributed by atoms with E-state index in [0.717, 1.165) is 24.0 Å². The van der Waals surface area contributed by atoms with Crippen LogP contribution in [0.1, 0.15) is 48.8 Å². The zero-order valence-corrected chi connectivity index (χ0v) is 24.2. The molecule has 0 spiro atoms. The van der Waals surface area contributed by atoms with Gasteiger partial charge in [0.15, 0.2) is 11.5 Å². The molecule has 2 amide bonds. The lowest BCUT2D eigenvalue weighted by atomic mass is 9.75. The number of piperidine rings is 1. The highest BCUT2D eigenvalue weighted by atomic mass is 79.9. The van der Waals surface area contributed by atoms with Gasteiger partial charge in [0.05, 0.1) is 37.8 Å². The van der Waals surface area contributed by atoms with Crippen LogP contribution in [0, 0.1) is 11.7 Å². The lowest BCUT2D eigenvalue weighted by molar-refractivity contribution is -0.130. The Morgan fingerprint density at radius 3 is 2.27 bits per heavy atom. The van der Waals surface area contributed by atoms with E-state index in [4.69, 9.17) is 14.2 Å². The van der Waals surface area contributed by atoms with Crippen molar-refractivity contribution in [2.24, 2.45) is 5.92 Å². The Morgan fingerprint density at radius 2 is 1.62 bits per heavy atom. The van der Waals surface area contributed by atoms with Crippen LogP contribution < -0.4 is 24.4 Å². The molecule has 9 heteroatoms. The fraction of sp³-hybridized carbons (Fsp3) is 0.355. The second-order valence-corrected chi connectivity index (χ2v) is 11.1. The summed E-state index contributed by atoms with van der Waals surface area (Å²) in [5, 5.41) is 3.23. The highest BCUT2D eigenvalue weighted by Gasteiger charge is 2.43. The van der Waals surface area contributed by atoms with Gasteiger partial charge < -0.3 is 24.4 Å². The first-order valence-electron chi connectivity index (χ1n) is 13.3. The highest BCUT2D eigenvalue weighted by Crippen LogP contribution is 2.44. The van der Waals surface area contributed by atoms with Crippen LogP contribution in [0.4, 0.5) is 10.1 Å². The van der Waals surface area contributed by atoms with Crippen LogP contribution in [0.15, 0.2) is 65.1 Å². The number of amides is 2. The molecule has 40 heavy (non-hydrogen) atoms. The Morgan fingerprint density at radius 1 is 0.925 bits per heavy atom. The third-order valence-electron chi connectivity index (χ3n) is 7.93. The largest absolute Gasteiger partial charge is 0.497 e. The molecule has 5 rings (SSSR count). The number of nitrogens with zero attached hydrogens (tertiary/aromatic N) is 1. The van der Waals surface area contributed by atoms with Crippen molar-refractivity contribution in [3.8, 4) is 17.2 Å². The van der Waals surface area contributed by atoms with E-state index in [1.807, 2.05) is 30.3 Å². The van der Waals surface area contributed by atoms with Gasteiger partial charge in [0.2, 0.25) is 11.8 Å². The molecule has 1 saturated carbocycles. The van der Waals surface area contributed by atoms with E-state index in [0.29, 0.717) is 33.8 Å². The van der Waals surface area contributed by atoms with E-state index in [1.54, 1.807) is 50.5 Å². The van der Waals surface area contributed by atoms with Gasteiger partial charge in [-0.1, -0.05) is 12.1 Å². The van der Waals surface area contributed by atoms with Gasteiger partial charge in [0, 0.05) is 18.2 Å². The fourth-order valence-electron chi connectivity index (χ4n) is 5.71. The number of anilines is 1. The summed E-state index contributed by atoms with van der Waals surface area (Å²) in [7, 11) is 4.72. The summed E-state index contributed by atoms with van der Waals surface area (Å²) >= 11 is 3.26. The molecule has 3 aromatic carbocycles. The van der Waals surface area contributed by atoms with E-state index in [-0.39, 0.29) is 36.0 Å². The van der Waals surface area contributed by atoms with Crippen molar-refractivity contribution < 1.29 is 28.2 Å². The molecular weight excluding hydrogens is 579 g/mol.